The van der Waals surface area contributed by atoms with Crippen molar-refractivity contribution >= 4 is 23.4 Å². The minimum absolute atomic E-state index is 0.580. The number of benzene rings is 1. The summed E-state index contributed by atoms with van der Waals surface area (Å²) in [6, 6.07) is 15.8. The largest absolute Gasteiger partial charge is 0.490 e. The van der Waals surface area contributed by atoms with Crippen molar-refractivity contribution in [2.45, 2.75) is 37.5 Å². The van der Waals surface area contributed by atoms with Crippen LogP contribution in [0.15, 0.2) is 48.7 Å². The summed E-state index contributed by atoms with van der Waals surface area (Å²) in [6.07, 6.45) is 0.348. The molecule has 1 aromatic carbocycles. The van der Waals surface area contributed by atoms with Crippen LogP contribution in [0.5, 0.6) is 0 Å². The Labute approximate surface area is 202 Å². The second-order valence-electron chi connectivity index (χ2n) is 8.69. The quantitative estimate of drug-likeness (QED) is 0.682. The highest BCUT2D eigenvalue weighted by Gasteiger charge is 2.38. The highest BCUT2D eigenvalue weighted by molar-refractivity contribution is 6.30. The minimum atomic E-state index is -5.08. The second kappa shape index (κ2) is 11.9. The van der Waals surface area contributed by atoms with Crippen LogP contribution in [0.4, 0.5) is 19.0 Å². The van der Waals surface area contributed by atoms with Gasteiger partial charge in [-0.05, 0) is 56.1 Å². The molecule has 2 saturated heterocycles. The number of carboxylic acid groups (broad SMARTS) is 1. The van der Waals surface area contributed by atoms with Crippen molar-refractivity contribution in [2.24, 2.45) is 0 Å². The average Bonchev–Trinajstić information content (AvgIpc) is 2.81. The number of halogens is 4. The molecule has 0 spiro atoms. The molecule has 2 aliphatic heterocycles. The number of carboxylic acids is 1. The average molecular weight is 499 g/mol. The summed E-state index contributed by atoms with van der Waals surface area (Å²) in [6.45, 7) is 5.67. The van der Waals surface area contributed by atoms with Crippen molar-refractivity contribution in [3.63, 3.8) is 0 Å². The van der Waals surface area contributed by atoms with E-state index in [-0.39, 0.29) is 0 Å². The van der Waals surface area contributed by atoms with Gasteiger partial charge in [-0.3, -0.25) is 4.90 Å². The number of nitrogens with zero attached hydrogens (tertiary/aromatic N) is 4. The van der Waals surface area contributed by atoms with Gasteiger partial charge in [0.2, 0.25) is 0 Å². The van der Waals surface area contributed by atoms with E-state index >= 15 is 0 Å². The van der Waals surface area contributed by atoms with Crippen molar-refractivity contribution in [3.05, 3.63) is 59.2 Å². The maximum absolute atomic E-state index is 10.6. The molecule has 2 fully saturated rings. The van der Waals surface area contributed by atoms with Crippen LogP contribution in [-0.4, -0.2) is 83.9 Å². The molecule has 1 atom stereocenters. The van der Waals surface area contributed by atoms with Gasteiger partial charge in [0, 0.05) is 56.0 Å². The highest BCUT2D eigenvalue weighted by atomic mass is 35.5. The van der Waals surface area contributed by atoms with Crippen molar-refractivity contribution in [1.29, 1.82) is 0 Å². The van der Waals surface area contributed by atoms with Crippen LogP contribution < -0.4 is 4.90 Å². The van der Waals surface area contributed by atoms with Crippen LogP contribution >= 0.6 is 11.6 Å². The fraction of sp³-hybridized carbons (Fsp3) is 0.500. The van der Waals surface area contributed by atoms with Crippen molar-refractivity contribution < 1.29 is 23.1 Å². The van der Waals surface area contributed by atoms with Crippen LogP contribution in [0.3, 0.4) is 0 Å². The standard InChI is InChI=1S/C22H29ClN4.C2HF3O2/c1-25-14-15-27(21(17-25)16-18-5-7-19(23)8-6-18)20-9-12-26(13-10-20)22-4-2-3-11-24-22;3-2(4,5)1(6)7/h2-8,11,20-21H,9-10,12-17H2,1H3;(H,6,7)/t21-;/m0./s1. The topological polar surface area (TPSA) is 59.9 Å². The number of hydrogen-bond donors (Lipinski definition) is 1. The van der Waals surface area contributed by atoms with Gasteiger partial charge in [-0.2, -0.15) is 13.2 Å². The molecule has 0 bridgehead atoms. The number of aliphatic carboxylic acids is 1. The Hall–Kier alpha value is -2.36. The van der Waals surface area contributed by atoms with Crippen LogP contribution in [0, 0.1) is 0 Å². The Bertz CT molecular complexity index is 907. The zero-order valence-corrected chi connectivity index (χ0v) is 19.8. The first-order chi connectivity index (χ1) is 16.1. The van der Waals surface area contributed by atoms with Gasteiger partial charge >= 0.3 is 12.1 Å². The van der Waals surface area contributed by atoms with Crippen LogP contribution in [-0.2, 0) is 11.2 Å². The van der Waals surface area contributed by atoms with Gasteiger partial charge in [-0.15, -0.1) is 0 Å². The molecule has 0 unspecified atom stereocenters. The number of likely N-dealkylation sites (N-methyl/N-ethyl adjacent to an activating group) is 1. The number of piperazine rings is 1. The molecule has 1 aromatic heterocycles. The number of hydrogen-bond acceptors (Lipinski definition) is 5. The lowest BCUT2D eigenvalue weighted by Crippen LogP contribution is -2.58. The normalized spacial score (nSPS) is 20.5. The Balaban J connectivity index is 0.000000406. The van der Waals surface area contributed by atoms with Crippen LogP contribution in [0.2, 0.25) is 5.02 Å². The molecule has 4 rings (SSSR count). The number of aromatic nitrogens is 1. The number of pyridine rings is 1. The number of anilines is 1. The predicted molar refractivity (Wildman–Crippen MR) is 126 cm³/mol. The summed E-state index contributed by atoms with van der Waals surface area (Å²) in [5.41, 5.74) is 1.38. The third-order valence-electron chi connectivity index (χ3n) is 6.27. The zero-order valence-electron chi connectivity index (χ0n) is 19.1. The molecule has 3 heterocycles. The van der Waals surface area contributed by atoms with E-state index in [2.05, 4.69) is 51.0 Å². The molecule has 0 saturated carbocycles. The Morgan fingerprint density at radius 2 is 1.74 bits per heavy atom. The first kappa shape index (κ1) is 26.2. The van der Waals surface area contributed by atoms with Gasteiger partial charge in [0.1, 0.15) is 5.82 Å². The second-order valence-corrected chi connectivity index (χ2v) is 9.13. The molecule has 0 radical (unpaired) electrons. The van der Waals surface area contributed by atoms with E-state index in [1.807, 2.05) is 24.4 Å². The monoisotopic (exact) mass is 498 g/mol. The molecule has 10 heteroatoms. The molecule has 2 aromatic rings. The molecule has 34 heavy (non-hydrogen) atoms. The van der Waals surface area contributed by atoms with Gasteiger partial charge < -0.3 is 14.9 Å². The van der Waals surface area contributed by atoms with Crippen molar-refractivity contribution in [3.8, 4) is 0 Å². The molecule has 1 N–H and O–H groups in total. The zero-order chi connectivity index (χ0) is 24.7. The first-order valence-corrected chi connectivity index (χ1v) is 11.7. The molecule has 6 nitrogen and oxygen atoms in total. The summed E-state index contributed by atoms with van der Waals surface area (Å²) in [7, 11) is 2.25. The minimum Gasteiger partial charge on any atom is -0.475 e. The molecular formula is C24H30ClF3N4O2. The molecule has 186 valence electrons. The fourth-order valence-electron chi connectivity index (χ4n) is 4.55. The van der Waals surface area contributed by atoms with Gasteiger partial charge in [-0.1, -0.05) is 29.8 Å². The first-order valence-electron chi connectivity index (χ1n) is 11.3. The lowest BCUT2D eigenvalue weighted by molar-refractivity contribution is -0.192. The van der Waals surface area contributed by atoms with E-state index in [1.54, 1.807) is 0 Å². The number of rotatable bonds is 4. The lowest BCUT2D eigenvalue weighted by Gasteiger charge is -2.47. The maximum atomic E-state index is 10.6. The van der Waals surface area contributed by atoms with E-state index in [9.17, 15) is 13.2 Å². The van der Waals surface area contributed by atoms with Gasteiger partial charge in [0.15, 0.2) is 0 Å². The van der Waals surface area contributed by atoms with E-state index in [0.29, 0.717) is 12.1 Å². The van der Waals surface area contributed by atoms with Crippen LogP contribution in [0.25, 0.3) is 0 Å². The summed E-state index contributed by atoms with van der Waals surface area (Å²) in [5, 5.41) is 7.94. The molecular weight excluding hydrogens is 469 g/mol. The van der Waals surface area contributed by atoms with Crippen molar-refractivity contribution in [1.82, 2.24) is 14.8 Å². The number of carbonyl (C=O) groups is 1. The third-order valence-corrected chi connectivity index (χ3v) is 6.52. The van der Waals surface area contributed by atoms with E-state index in [1.165, 1.54) is 24.9 Å². The lowest BCUT2D eigenvalue weighted by atomic mass is 9.96. The van der Waals surface area contributed by atoms with E-state index < -0.39 is 12.1 Å². The fourth-order valence-corrected chi connectivity index (χ4v) is 4.67. The number of piperidine rings is 1. The Morgan fingerprint density at radius 3 is 2.29 bits per heavy atom. The summed E-state index contributed by atoms with van der Waals surface area (Å²) in [5.74, 6) is -1.64. The Kier molecular flexibility index (Phi) is 9.16. The summed E-state index contributed by atoms with van der Waals surface area (Å²) in [4.78, 5) is 21.1. The molecule has 2 aliphatic rings. The third kappa shape index (κ3) is 7.58. The summed E-state index contributed by atoms with van der Waals surface area (Å²) < 4.78 is 31.7. The van der Waals surface area contributed by atoms with Crippen LogP contribution in [0.1, 0.15) is 18.4 Å². The molecule has 0 amide bonds. The van der Waals surface area contributed by atoms with E-state index in [4.69, 9.17) is 21.5 Å². The van der Waals surface area contributed by atoms with Gasteiger partial charge in [0.25, 0.3) is 0 Å². The smallest absolute Gasteiger partial charge is 0.475 e. The highest BCUT2D eigenvalue weighted by Crippen LogP contribution is 2.26. The summed E-state index contributed by atoms with van der Waals surface area (Å²) >= 11 is 6.06. The molecule has 0 aliphatic carbocycles. The Morgan fingerprint density at radius 1 is 1.09 bits per heavy atom. The van der Waals surface area contributed by atoms with Crippen molar-refractivity contribution in [2.75, 3.05) is 44.7 Å². The van der Waals surface area contributed by atoms with Gasteiger partial charge in [-0.25, -0.2) is 9.78 Å². The maximum Gasteiger partial charge on any atom is 0.490 e. The number of alkyl halides is 3. The predicted octanol–water partition coefficient (Wildman–Crippen LogP) is 4.20. The SMILES string of the molecule is CN1CCN(C2CCN(c3ccccn3)CC2)[C@@H](Cc2ccc(Cl)cc2)C1.O=C(O)C(F)(F)F. The van der Waals surface area contributed by atoms with E-state index in [0.717, 1.165) is 43.4 Å². The van der Waals surface area contributed by atoms with Gasteiger partial charge in [0.05, 0.1) is 0 Å².